The Kier molecular flexibility index (Phi) is 7.02. The Morgan fingerprint density at radius 3 is 2.87 bits per heavy atom. The van der Waals surface area contributed by atoms with Crippen LogP contribution < -0.4 is 10.6 Å². The number of carbonyl (C=O) groups excluding carboxylic acids is 1. The summed E-state index contributed by atoms with van der Waals surface area (Å²) in [4.78, 5) is 13.4. The fourth-order valence-corrected chi connectivity index (χ4v) is 3.45. The Balaban J connectivity index is 0.00000192. The molecule has 0 bridgehead atoms. The van der Waals surface area contributed by atoms with Crippen LogP contribution in [0.25, 0.3) is 0 Å². The van der Waals surface area contributed by atoms with Crippen LogP contribution >= 0.6 is 24.2 Å². The molecule has 2 heterocycles. The number of thioether (sulfide) groups is 1. The van der Waals surface area contributed by atoms with E-state index in [1.807, 2.05) is 24.3 Å². The number of hydrogen-bond donors (Lipinski definition) is 2. The van der Waals surface area contributed by atoms with Crippen LogP contribution in [-0.2, 0) is 5.75 Å². The number of nitrogens with one attached hydrogen (secondary N) is 2. The first-order valence-electron chi connectivity index (χ1n) is 7.59. The van der Waals surface area contributed by atoms with Crippen LogP contribution in [0.1, 0.15) is 29.0 Å². The minimum absolute atomic E-state index is 0. The molecule has 3 rings (SSSR count). The van der Waals surface area contributed by atoms with Crippen LogP contribution in [-0.4, -0.2) is 25.0 Å². The molecule has 124 valence electrons. The molecule has 1 amide bonds. The van der Waals surface area contributed by atoms with Crippen molar-refractivity contribution in [1.29, 1.82) is 0 Å². The van der Waals surface area contributed by atoms with E-state index in [2.05, 4.69) is 22.8 Å². The van der Waals surface area contributed by atoms with Gasteiger partial charge >= 0.3 is 0 Å². The molecular formula is C17H21ClN2O2S. The summed E-state index contributed by atoms with van der Waals surface area (Å²) >= 11 is 1.70. The van der Waals surface area contributed by atoms with E-state index in [0.29, 0.717) is 18.3 Å². The second-order valence-electron chi connectivity index (χ2n) is 5.38. The average molecular weight is 353 g/mol. The summed E-state index contributed by atoms with van der Waals surface area (Å²) in [6.07, 6.45) is 3.89. The van der Waals surface area contributed by atoms with Crippen LogP contribution in [0.4, 0.5) is 0 Å². The number of benzene rings is 1. The fourth-order valence-electron chi connectivity index (χ4n) is 2.55. The van der Waals surface area contributed by atoms with E-state index in [1.54, 1.807) is 18.0 Å². The molecule has 1 fully saturated rings. The fraction of sp³-hybridized carbons (Fsp3) is 0.353. The Hall–Kier alpha value is -1.43. The van der Waals surface area contributed by atoms with Gasteiger partial charge in [-0.3, -0.25) is 4.79 Å². The Morgan fingerprint density at radius 2 is 2.13 bits per heavy atom. The first-order valence-corrected chi connectivity index (χ1v) is 8.57. The summed E-state index contributed by atoms with van der Waals surface area (Å²) < 4.78 is 5.38. The summed E-state index contributed by atoms with van der Waals surface area (Å²) in [5.41, 5.74) is 0.936. The first kappa shape index (κ1) is 17.9. The van der Waals surface area contributed by atoms with Crippen molar-refractivity contribution < 1.29 is 9.21 Å². The lowest BCUT2D eigenvalue weighted by Crippen LogP contribution is -2.37. The van der Waals surface area contributed by atoms with Gasteiger partial charge in [-0.2, -0.15) is 0 Å². The Morgan fingerprint density at radius 1 is 1.30 bits per heavy atom. The highest BCUT2D eigenvalue weighted by atomic mass is 35.5. The van der Waals surface area contributed by atoms with Gasteiger partial charge in [-0.15, -0.1) is 24.2 Å². The second kappa shape index (κ2) is 9.01. The quantitative estimate of drug-likeness (QED) is 0.781. The van der Waals surface area contributed by atoms with Gasteiger partial charge in [0.1, 0.15) is 0 Å². The molecule has 0 saturated carbocycles. The van der Waals surface area contributed by atoms with E-state index >= 15 is 0 Å². The Bertz CT molecular complexity index is 612. The molecule has 1 aromatic carbocycles. The molecule has 0 aliphatic carbocycles. The zero-order chi connectivity index (χ0) is 15.2. The van der Waals surface area contributed by atoms with Gasteiger partial charge in [0.2, 0.25) is 0 Å². The zero-order valence-corrected chi connectivity index (χ0v) is 14.4. The van der Waals surface area contributed by atoms with Crippen LogP contribution in [0.2, 0.25) is 0 Å². The number of amides is 1. The van der Waals surface area contributed by atoms with Crippen molar-refractivity contribution in [2.24, 2.45) is 0 Å². The van der Waals surface area contributed by atoms with E-state index < -0.39 is 0 Å². The third-order valence-electron chi connectivity index (χ3n) is 3.76. The van der Waals surface area contributed by atoms with Crippen molar-refractivity contribution in [3.63, 3.8) is 0 Å². The zero-order valence-electron chi connectivity index (χ0n) is 12.8. The molecule has 1 saturated heterocycles. The number of halogens is 1. The van der Waals surface area contributed by atoms with E-state index in [9.17, 15) is 4.79 Å². The molecule has 1 unspecified atom stereocenters. The van der Waals surface area contributed by atoms with Gasteiger partial charge in [0.15, 0.2) is 5.76 Å². The van der Waals surface area contributed by atoms with Crippen molar-refractivity contribution in [3.05, 3.63) is 54.0 Å². The molecule has 4 nitrogen and oxygen atoms in total. The second-order valence-corrected chi connectivity index (χ2v) is 6.43. The minimum Gasteiger partial charge on any atom is -0.459 e. The van der Waals surface area contributed by atoms with Gasteiger partial charge in [0.05, 0.1) is 6.26 Å². The lowest BCUT2D eigenvalue weighted by atomic mass is 10.2. The summed E-state index contributed by atoms with van der Waals surface area (Å²) in [6, 6.07) is 12.4. The number of rotatable bonds is 6. The molecule has 23 heavy (non-hydrogen) atoms. The van der Waals surface area contributed by atoms with E-state index in [4.69, 9.17) is 4.42 Å². The predicted octanol–water partition coefficient (Wildman–Crippen LogP) is 3.48. The topological polar surface area (TPSA) is 54.3 Å². The summed E-state index contributed by atoms with van der Waals surface area (Å²) in [7, 11) is 0. The highest BCUT2D eigenvalue weighted by molar-refractivity contribution is 7.98. The minimum atomic E-state index is -0.123. The molecule has 6 heteroatoms. The van der Waals surface area contributed by atoms with Crippen molar-refractivity contribution in [1.82, 2.24) is 10.6 Å². The number of furan rings is 1. The highest BCUT2D eigenvalue weighted by Crippen LogP contribution is 2.24. The highest BCUT2D eigenvalue weighted by Gasteiger charge is 2.19. The molecule has 1 atom stereocenters. The van der Waals surface area contributed by atoms with Gasteiger partial charge in [-0.25, -0.2) is 0 Å². The molecule has 1 aromatic heterocycles. The molecule has 1 aliphatic rings. The first-order chi connectivity index (χ1) is 10.8. The lowest BCUT2D eigenvalue weighted by molar-refractivity contribution is 0.0921. The van der Waals surface area contributed by atoms with Gasteiger partial charge < -0.3 is 15.1 Å². The molecule has 0 radical (unpaired) electrons. The van der Waals surface area contributed by atoms with E-state index in [1.165, 1.54) is 11.3 Å². The molecule has 2 N–H and O–H groups in total. The van der Waals surface area contributed by atoms with Gasteiger partial charge in [0.25, 0.3) is 5.91 Å². The van der Waals surface area contributed by atoms with Crippen molar-refractivity contribution in [3.8, 4) is 0 Å². The summed E-state index contributed by atoms with van der Waals surface area (Å²) in [5.74, 6) is 1.04. The monoisotopic (exact) mass is 352 g/mol. The van der Waals surface area contributed by atoms with Gasteiger partial charge in [0, 0.05) is 28.8 Å². The van der Waals surface area contributed by atoms with Crippen LogP contribution in [0.5, 0.6) is 0 Å². The van der Waals surface area contributed by atoms with Crippen molar-refractivity contribution in [2.45, 2.75) is 29.5 Å². The predicted molar refractivity (Wildman–Crippen MR) is 95.3 cm³/mol. The molecule has 2 aromatic rings. The molecule has 1 aliphatic heterocycles. The number of carbonyl (C=O) groups is 1. The molecule has 0 spiro atoms. The lowest BCUT2D eigenvalue weighted by Gasteiger charge is -2.11. The maximum atomic E-state index is 12.3. The van der Waals surface area contributed by atoms with E-state index in [0.717, 1.165) is 24.3 Å². The van der Waals surface area contributed by atoms with Crippen molar-refractivity contribution >= 4 is 30.1 Å². The summed E-state index contributed by atoms with van der Waals surface area (Å²) in [6.45, 7) is 1.70. The van der Waals surface area contributed by atoms with Gasteiger partial charge in [-0.05, 0) is 37.6 Å². The number of hydrogen-bond acceptors (Lipinski definition) is 4. The maximum absolute atomic E-state index is 12.3. The standard InChI is InChI=1S/C17H20N2O2S.ClH/c20-17(19-11-14-5-4-9-18-14)16-13(8-10-21-16)12-22-15-6-2-1-3-7-15;/h1-3,6-8,10,14,18H,4-5,9,11-12H2,(H,19,20);1H. The van der Waals surface area contributed by atoms with Crippen LogP contribution in [0.15, 0.2) is 52.0 Å². The van der Waals surface area contributed by atoms with Crippen LogP contribution in [0.3, 0.4) is 0 Å². The maximum Gasteiger partial charge on any atom is 0.287 e. The Labute approximate surface area is 146 Å². The SMILES string of the molecule is Cl.O=C(NCC1CCCN1)c1occc1CSc1ccccc1. The van der Waals surface area contributed by atoms with E-state index in [-0.39, 0.29) is 18.3 Å². The largest absolute Gasteiger partial charge is 0.459 e. The normalized spacial score (nSPS) is 16.8. The third kappa shape index (κ3) is 5.03. The van der Waals surface area contributed by atoms with Gasteiger partial charge in [-0.1, -0.05) is 18.2 Å². The molecular weight excluding hydrogens is 332 g/mol. The third-order valence-corrected chi connectivity index (χ3v) is 4.82. The average Bonchev–Trinajstić information content (AvgIpc) is 3.23. The smallest absolute Gasteiger partial charge is 0.287 e. The van der Waals surface area contributed by atoms with Crippen molar-refractivity contribution in [2.75, 3.05) is 13.1 Å². The summed E-state index contributed by atoms with van der Waals surface area (Å²) in [5, 5.41) is 6.33. The van der Waals surface area contributed by atoms with Crippen LogP contribution in [0, 0.1) is 0 Å².